The van der Waals surface area contributed by atoms with Gasteiger partial charge >= 0.3 is 0 Å². The van der Waals surface area contributed by atoms with Crippen LogP contribution >= 0.6 is 38.9 Å². The van der Waals surface area contributed by atoms with Crippen LogP contribution in [-0.4, -0.2) is 14.3 Å². The van der Waals surface area contributed by atoms with Crippen molar-refractivity contribution < 1.29 is 8.42 Å². The Morgan fingerprint density at radius 3 is 2.40 bits per heavy atom. The summed E-state index contributed by atoms with van der Waals surface area (Å²) in [5.41, 5.74) is -0.0211. The summed E-state index contributed by atoms with van der Waals surface area (Å²) in [6.07, 6.45) is 0. The smallest absolute Gasteiger partial charge is 0.206 e. The van der Waals surface area contributed by atoms with Gasteiger partial charge in [0.05, 0.1) is 9.33 Å². The summed E-state index contributed by atoms with van der Waals surface area (Å²) in [5, 5.41) is 0. The van der Waals surface area contributed by atoms with Crippen LogP contribution in [0.4, 0.5) is 0 Å². The first kappa shape index (κ1) is 16.0. The predicted molar refractivity (Wildman–Crippen MR) is 86.9 cm³/mol. The average Bonchev–Trinajstić information content (AvgIpc) is 2.87. The highest BCUT2D eigenvalue weighted by molar-refractivity contribution is 9.11. The van der Waals surface area contributed by atoms with E-state index in [0.717, 1.165) is 20.7 Å². The largest absolute Gasteiger partial charge is 0.250 e. The Morgan fingerprint density at radius 2 is 1.90 bits per heavy atom. The van der Waals surface area contributed by atoms with E-state index in [2.05, 4.69) is 20.7 Å². The Bertz CT molecular complexity index is 687. The monoisotopic (exact) mass is 393 g/mol. The molecule has 1 aromatic heterocycles. The second-order valence-corrected chi connectivity index (χ2v) is 9.14. The molecule has 1 atom stereocenters. The lowest BCUT2D eigenvalue weighted by atomic mass is 9.96. The zero-order valence-electron chi connectivity index (χ0n) is 10.6. The number of benzene rings is 1. The fourth-order valence-corrected chi connectivity index (χ4v) is 5.46. The van der Waals surface area contributed by atoms with Gasteiger partial charge in [0.15, 0.2) is 0 Å². The number of alkyl halides is 1. The van der Waals surface area contributed by atoms with Crippen molar-refractivity contribution in [2.75, 3.05) is 5.88 Å². The molecule has 0 amide bonds. The molecular weight excluding hydrogens is 382 g/mol. The van der Waals surface area contributed by atoms with Crippen molar-refractivity contribution in [2.24, 2.45) is 0 Å². The van der Waals surface area contributed by atoms with Gasteiger partial charge in [-0.05, 0) is 40.5 Å². The van der Waals surface area contributed by atoms with Crippen LogP contribution in [-0.2, 0) is 15.6 Å². The highest BCUT2D eigenvalue weighted by atomic mass is 79.9. The maximum absolute atomic E-state index is 12.4. The molecule has 1 unspecified atom stereocenters. The minimum absolute atomic E-state index is 0.142. The molecule has 0 spiro atoms. The van der Waals surface area contributed by atoms with E-state index in [1.807, 2.05) is 30.3 Å². The first-order chi connectivity index (χ1) is 9.37. The Labute approximate surface area is 136 Å². The van der Waals surface area contributed by atoms with Crippen LogP contribution < -0.4 is 4.72 Å². The van der Waals surface area contributed by atoms with E-state index in [0.29, 0.717) is 0 Å². The van der Waals surface area contributed by atoms with Gasteiger partial charge < -0.3 is 0 Å². The maximum Gasteiger partial charge on any atom is 0.250 e. The Kier molecular flexibility index (Phi) is 4.92. The molecule has 0 bridgehead atoms. The fraction of sp³-hybridized carbons (Fsp3) is 0.231. The van der Waals surface area contributed by atoms with Gasteiger partial charge in [-0.3, -0.25) is 0 Å². The third-order valence-corrected chi connectivity index (χ3v) is 7.10. The van der Waals surface area contributed by atoms with Crippen molar-refractivity contribution in [3.05, 3.63) is 51.8 Å². The molecule has 0 fully saturated rings. The zero-order chi connectivity index (χ0) is 14.8. The Hall–Kier alpha value is -0.400. The van der Waals surface area contributed by atoms with Crippen molar-refractivity contribution in [2.45, 2.75) is 16.7 Å². The molecule has 0 aliphatic carbocycles. The second-order valence-electron chi connectivity index (χ2n) is 4.50. The van der Waals surface area contributed by atoms with E-state index in [1.165, 1.54) is 0 Å². The summed E-state index contributed by atoms with van der Waals surface area (Å²) in [6.45, 7) is 1.77. The molecule has 1 heterocycles. The van der Waals surface area contributed by atoms with Gasteiger partial charge in [-0.15, -0.1) is 22.9 Å². The SMILES string of the molecule is CC(CCl)(NS(=O)(=O)c1ccc(Br)s1)c1ccccc1. The van der Waals surface area contributed by atoms with Crippen LogP contribution in [0.25, 0.3) is 0 Å². The van der Waals surface area contributed by atoms with Crippen LogP contribution in [0, 0.1) is 0 Å². The lowest BCUT2D eigenvalue weighted by Crippen LogP contribution is -2.44. The molecule has 7 heteroatoms. The molecule has 0 saturated heterocycles. The van der Waals surface area contributed by atoms with Crippen molar-refractivity contribution in [3.63, 3.8) is 0 Å². The number of nitrogens with one attached hydrogen (secondary N) is 1. The third-order valence-electron chi connectivity index (χ3n) is 2.85. The third kappa shape index (κ3) is 3.43. The van der Waals surface area contributed by atoms with E-state index in [9.17, 15) is 8.42 Å². The van der Waals surface area contributed by atoms with Gasteiger partial charge in [0.25, 0.3) is 10.0 Å². The summed E-state index contributed by atoms with van der Waals surface area (Å²) < 4.78 is 28.6. The van der Waals surface area contributed by atoms with Crippen molar-refractivity contribution in [3.8, 4) is 0 Å². The minimum atomic E-state index is -3.60. The molecule has 1 aromatic carbocycles. The molecule has 0 saturated carbocycles. The zero-order valence-corrected chi connectivity index (χ0v) is 14.6. The number of hydrogen-bond donors (Lipinski definition) is 1. The number of hydrogen-bond acceptors (Lipinski definition) is 3. The number of rotatable bonds is 5. The normalized spacial score (nSPS) is 14.9. The minimum Gasteiger partial charge on any atom is -0.206 e. The molecular formula is C13H13BrClNO2S2. The van der Waals surface area contributed by atoms with E-state index in [4.69, 9.17) is 11.6 Å². The summed E-state index contributed by atoms with van der Waals surface area (Å²) in [6, 6.07) is 12.6. The molecule has 2 aromatic rings. The van der Waals surface area contributed by atoms with E-state index in [1.54, 1.807) is 19.1 Å². The highest BCUT2D eigenvalue weighted by Crippen LogP contribution is 2.29. The van der Waals surface area contributed by atoms with E-state index in [-0.39, 0.29) is 10.1 Å². The van der Waals surface area contributed by atoms with E-state index >= 15 is 0 Å². The lowest BCUT2D eigenvalue weighted by molar-refractivity contribution is 0.478. The molecule has 0 radical (unpaired) electrons. The molecule has 108 valence electrons. The van der Waals surface area contributed by atoms with Crippen LogP contribution in [0.3, 0.4) is 0 Å². The van der Waals surface area contributed by atoms with Crippen molar-refractivity contribution in [1.82, 2.24) is 4.72 Å². The van der Waals surface area contributed by atoms with Crippen molar-refractivity contribution >= 4 is 48.9 Å². The Morgan fingerprint density at radius 1 is 1.25 bits per heavy atom. The van der Waals surface area contributed by atoms with Crippen molar-refractivity contribution in [1.29, 1.82) is 0 Å². The second kappa shape index (κ2) is 6.15. The fourth-order valence-electron chi connectivity index (χ4n) is 1.76. The first-order valence-corrected chi connectivity index (χ1v) is 9.41. The predicted octanol–water partition coefficient (Wildman–Crippen LogP) is 3.94. The first-order valence-electron chi connectivity index (χ1n) is 5.78. The Balaban J connectivity index is 2.35. The van der Waals surface area contributed by atoms with Gasteiger partial charge in [-0.2, -0.15) is 4.72 Å². The molecule has 1 N–H and O–H groups in total. The van der Waals surface area contributed by atoms with Gasteiger partial charge in [0.2, 0.25) is 0 Å². The number of halogens is 2. The molecule has 2 rings (SSSR count). The van der Waals surface area contributed by atoms with Crippen LogP contribution in [0.1, 0.15) is 12.5 Å². The standard InChI is InChI=1S/C13H13BrClNO2S2/c1-13(9-15,10-5-3-2-4-6-10)16-20(17,18)12-8-7-11(14)19-12/h2-8,16H,9H2,1H3. The van der Waals surface area contributed by atoms with Gasteiger partial charge in [-0.1, -0.05) is 30.3 Å². The summed E-state index contributed by atoms with van der Waals surface area (Å²) >= 11 is 10.4. The van der Waals surface area contributed by atoms with Gasteiger partial charge in [-0.25, -0.2) is 8.42 Å². The summed E-state index contributed by atoms with van der Waals surface area (Å²) in [7, 11) is -3.60. The topological polar surface area (TPSA) is 46.2 Å². The average molecular weight is 395 g/mol. The summed E-state index contributed by atoms with van der Waals surface area (Å²) in [4.78, 5) is 0. The molecule has 0 aliphatic heterocycles. The molecule has 0 aliphatic rings. The highest BCUT2D eigenvalue weighted by Gasteiger charge is 2.32. The molecule has 20 heavy (non-hydrogen) atoms. The van der Waals surface area contributed by atoms with Crippen LogP contribution in [0.15, 0.2) is 50.5 Å². The van der Waals surface area contributed by atoms with Gasteiger partial charge in [0.1, 0.15) is 4.21 Å². The number of thiophene rings is 1. The lowest BCUT2D eigenvalue weighted by Gasteiger charge is -2.28. The summed E-state index contributed by atoms with van der Waals surface area (Å²) in [5.74, 6) is 0.142. The maximum atomic E-state index is 12.4. The number of sulfonamides is 1. The van der Waals surface area contributed by atoms with E-state index < -0.39 is 15.6 Å². The molecule has 3 nitrogen and oxygen atoms in total. The quantitative estimate of drug-likeness (QED) is 0.781. The van der Waals surface area contributed by atoms with Gasteiger partial charge in [0, 0.05) is 5.88 Å². The van der Waals surface area contributed by atoms with Crippen LogP contribution in [0.2, 0.25) is 0 Å². The van der Waals surface area contributed by atoms with Crippen LogP contribution in [0.5, 0.6) is 0 Å².